The maximum Gasteiger partial charge on any atom is 0.193 e. The summed E-state index contributed by atoms with van der Waals surface area (Å²) in [5.41, 5.74) is 1.69. The predicted molar refractivity (Wildman–Crippen MR) is 63.5 cm³/mol. The monoisotopic (exact) mass is 210 g/mol. The zero-order valence-electron chi connectivity index (χ0n) is 8.82. The van der Waals surface area contributed by atoms with Crippen molar-refractivity contribution in [2.45, 2.75) is 6.92 Å². The third kappa shape index (κ3) is 1.04. The number of rotatable bonds is 0. The molecule has 0 amide bonds. The highest BCUT2D eigenvalue weighted by atomic mass is 16.3. The van der Waals surface area contributed by atoms with E-state index in [1.165, 1.54) is 0 Å². The Kier molecular flexibility index (Phi) is 1.69. The van der Waals surface area contributed by atoms with Crippen molar-refractivity contribution in [1.82, 2.24) is 0 Å². The molecule has 2 aromatic carbocycles. The topological polar surface area (TPSA) is 37.3 Å². The van der Waals surface area contributed by atoms with E-state index in [1.54, 1.807) is 6.92 Å². The van der Waals surface area contributed by atoms with Crippen LogP contribution in [-0.4, -0.2) is 10.9 Å². The maximum absolute atomic E-state index is 11.8. The van der Waals surface area contributed by atoms with Gasteiger partial charge in [-0.15, -0.1) is 0 Å². The summed E-state index contributed by atoms with van der Waals surface area (Å²) in [6.45, 7) is 1.66. The summed E-state index contributed by atoms with van der Waals surface area (Å²) in [5, 5.41) is 11.9. The van der Waals surface area contributed by atoms with Crippen molar-refractivity contribution in [3.05, 3.63) is 53.1 Å². The van der Waals surface area contributed by atoms with Gasteiger partial charge in [-0.3, -0.25) is 4.79 Å². The van der Waals surface area contributed by atoms with Gasteiger partial charge in [0, 0.05) is 16.7 Å². The first-order valence-corrected chi connectivity index (χ1v) is 5.16. The maximum atomic E-state index is 11.8. The van der Waals surface area contributed by atoms with Gasteiger partial charge in [0.1, 0.15) is 5.76 Å². The second-order valence-electron chi connectivity index (χ2n) is 4.05. The molecule has 78 valence electrons. The van der Waals surface area contributed by atoms with Crippen LogP contribution in [0.15, 0.2) is 42.0 Å². The van der Waals surface area contributed by atoms with Crippen LogP contribution in [0.5, 0.6) is 0 Å². The highest BCUT2D eigenvalue weighted by Crippen LogP contribution is 2.33. The van der Waals surface area contributed by atoms with Crippen LogP contribution in [0.25, 0.3) is 16.5 Å². The van der Waals surface area contributed by atoms with Gasteiger partial charge >= 0.3 is 0 Å². The van der Waals surface area contributed by atoms with E-state index in [4.69, 9.17) is 0 Å². The number of ketones is 1. The molecule has 16 heavy (non-hydrogen) atoms. The van der Waals surface area contributed by atoms with E-state index in [1.807, 2.05) is 36.4 Å². The number of allylic oxidation sites excluding steroid dienone is 1. The number of carbonyl (C=O) groups excluding carboxylic acids is 1. The van der Waals surface area contributed by atoms with Gasteiger partial charge in [0.25, 0.3) is 0 Å². The zero-order valence-corrected chi connectivity index (χ0v) is 8.82. The molecular weight excluding hydrogens is 200 g/mol. The van der Waals surface area contributed by atoms with E-state index in [0.29, 0.717) is 16.7 Å². The number of aliphatic hydroxyl groups is 1. The fourth-order valence-electron chi connectivity index (χ4n) is 2.14. The Labute approximate surface area is 92.8 Å². The van der Waals surface area contributed by atoms with Crippen LogP contribution in [-0.2, 0) is 0 Å². The number of Topliss-reactive ketones (excluding diaryl/α,β-unsaturated/α-hetero) is 1. The number of fused-ring (bicyclic) bond motifs is 2. The lowest BCUT2D eigenvalue weighted by atomic mass is 10.0. The summed E-state index contributed by atoms with van der Waals surface area (Å²) >= 11 is 0. The van der Waals surface area contributed by atoms with Crippen LogP contribution in [0.2, 0.25) is 0 Å². The lowest BCUT2D eigenvalue weighted by molar-refractivity contribution is 0.103. The molecule has 0 atom stereocenters. The number of hydrogen-bond donors (Lipinski definition) is 1. The Morgan fingerprint density at radius 1 is 1.00 bits per heavy atom. The van der Waals surface area contributed by atoms with E-state index < -0.39 is 0 Å². The van der Waals surface area contributed by atoms with Crippen LogP contribution in [0.3, 0.4) is 0 Å². The van der Waals surface area contributed by atoms with Crippen molar-refractivity contribution < 1.29 is 9.90 Å². The minimum atomic E-state index is -0.0711. The van der Waals surface area contributed by atoms with Gasteiger partial charge in [-0.25, -0.2) is 0 Å². The first-order valence-electron chi connectivity index (χ1n) is 5.16. The molecule has 1 aliphatic carbocycles. The van der Waals surface area contributed by atoms with Crippen molar-refractivity contribution in [1.29, 1.82) is 0 Å². The van der Waals surface area contributed by atoms with Gasteiger partial charge in [-0.05, 0) is 29.8 Å². The first kappa shape index (κ1) is 9.16. The van der Waals surface area contributed by atoms with Crippen molar-refractivity contribution in [2.75, 3.05) is 0 Å². The Morgan fingerprint density at radius 3 is 2.19 bits per heavy atom. The zero-order chi connectivity index (χ0) is 11.3. The Morgan fingerprint density at radius 2 is 1.56 bits per heavy atom. The molecule has 0 saturated heterocycles. The fourth-order valence-corrected chi connectivity index (χ4v) is 2.14. The molecule has 0 radical (unpaired) electrons. The van der Waals surface area contributed by atoms with E-state index in [9.17, 15) is 9.90 Å². The molecule has 0 fully saturated rings. The van der Waals surface area contributed by atoms with E-state index >= 15 is 0 Å². The second kappa shape index (κ2) is 2.95. The average molecular weight is 210 g/mol. The highest BCUT2D eigenvalue weighted by Gasteiger charge is 2.26. The second-order valence-corrected chi connectivity index (χ2v) is 4.05. The predicted octanol–water partition coefficient (Wildman–Crippen LogP) is 3.33. The van der Waals surface area contributed by atoms with E-state index in [0.717, 1.165) is 10.8 Å². The molecule has 0 unspecified atom stereocenters. The molecule has 1 aliphatic rings. The third-order valence-electron chi connectivity index (χ3n) is 3.08. The van der Waals surface area contributed by atoms with Crippen LogP contribution in [0.1, 0.15) is 22.8 Å². The molecule has 0 saturated carbocycles. The van der Waals surface area contributed by atoms with Gasteiger partial charge < -0.3 is 5.11 Å². The van der Waals surface area contributed by atoms with Gasteiger partial charge in [-0.1, -0.05) is 24.3 Å². The number of aliphatic hydroxyl groups excluding tert-OH is 1. The van der Waals surface area contributed by atoms with E-state index in [2.05, 4.69) is 0 Å². The van der Waals surface area contributed by atoms with Gasteiger partial charge in [0.15, 0.2) is 5.78 Å². The average Bonchev–Trinajstić information content (AvgIpc) is 2.52. The fraction of sp³-hybridized carbons (Fsp3) is 0.0714. The van der Waals surface area contributed by atoms with E-state index in [-0.39, 0.29) is 11.5 Å². The van der Waals surface area contributed by atoms with Crippen LogP contribution < -0.4 is 0 Å². The van der Waals surface area contributed by atoms with Gasteiger partial charge in [0.2, 0.25) is 0 Å². The highest BCUT2D eigenvalue weighted by molar-refractivity contribution is 6.20. The summed E-state index contributed by atoms with van der Waals surface area (Å²) in [6, 6.07) is 11.5. The summed E-state index contributed by atoms with van der Waals surface area (Å²) in [7, 11) is 0. The molecular formula is C14H10O2. The SMILES string of the molecule is CC1=C(O)c2cc3ccccc3cc2C1=O. The smallest absolute Gasteiger partial charge is 0.193 e. The molecule has 2 nitrogen and oxygen atoms in total. The summed E-state index contributed by atoms with van der Waals surface area (Å²) in [4.78, 5) is 11.8. The van der Waals surface area contributed by atoms with Gasteiger partial charge in [0.05, 0.1) is 0 Å². The van der Waals surface area contributed by atoms with Crippen LogP contribution in [0.4, 0.5) is 0 Å². The van der Waals surface area contributed by atoms with Crippen LogP contribution >= 0.6 is 0 Å². The molecule has 0 spiro atoms. The lowest BCUT2D eigenvalue weighted by Crippen LogP contribution is -1.95. The molecule has 0 aromatic heterocycles. The molecule has 3 rings (SSSR count). The first-order chi connectivity index (χ1) is 7.68. The van der Waals surface area contributed by atoms with Crippen LogP contribution in [0, 0.1) is 0 Å². The third-order valence-corrected chi connectivity index (χ3v) is 3.08. The molecule has 0 heterocycles. The van der Waals surface area contributed by atoms with Crippen molar-refractivity contribution in [3.63, 3.8) is 0 Å². The number of benzene rings is 2. The lowest BCUT2D eigenvalue weighted by Gasteiger charge is -2.02. The minimum Gasteiger partial charge on any atom is -0.507 e. The summed E-state index contributed by atoms with van der Waals surface area (Å²) < 4.78 is 0. The molecule has 2 heteroatoms. The van der Waals surface area contributed by atoms with Gasteiger partial charge in [-0.2, -0.15) is 0 Å². The normalized spacial score (nSPS) is 14.7. The largest absolute Gasteiger partial charge is 0.507 e. The summed E-state index contributed by atoms with van der Waals surface area (Å²) in [6.07, 6.45) is 0. The molecule has 0 bridgehead atoms. The van der Waals surface area contributed by atoms with Crippen molar-refractivity contribution >= 4 is 22.3 Å². The molecule has 2 aromatic rings. The minimum absolute atomic E-state index is 0.0711. The molecule has 1 N–H and O–H groups in total. The quantitative estimate of drug-likeness (QED) is 0.724. The summed E-state index contributed by atoms with van der Waals surface area (Å²) in [5.74, 6) is 0.0454. The van der Waals surface area contributed by atoms with Crippen molar-refractivity contribution in [2.24, 2.45) is 0 Å². The Hall–Kier alpha value is -2.09. The standard InChI is InChI=1S/C14H10O2/c1-8-13(15)11-6-9-4-2-3-5-10(9)7-12(11)14(8)16/h2-7,15H,1H3. The molecule has 0 aliphatic heterocycles. The Balaban J connectivity index is 2.40. The van der Waals surface area contributed by atoms with Crippen molar-refractivity contribution in [3.8, 4) is 0 Å². The number of hydrogen-bond acceptors (Lipinski definition) is 2. The Bertz CT molecular complexity index is 651. The number of carbonyl (C=O) groups is 1.